The normalized spacial score (nSPS) is 12.1. The van der Waals surface area contributed by atoms with E-state index in [-0.39, 0.29) is 17.8 Å². The van der Waals surface area contributed by atoms with E-state index in [0.717, 1.165) is 5.76 Å². The molecule has 1 amide bonds. The number of carbonyl (C=O) groups excluding carboxylic acids is 1. The number of furan rings is 1. The number of H-pyrrole nitrogens is 1. The number of nitrogens with zero attached hydrogens (tertiary/aromatic N) is 1. The molecule has 1 atom stereocenters. The molecule has 1 aromatic carbocycles. The standard InChI is InChI=1S/C17H16FN3O2/c1-10-3-8-15(23-10)11(2)20-17(22)14-9-19-21-16(14)12-4-6-13(18)7-5-12/h3-9,11H,1-2H3,(H,19,21)(H,20,22). The summed E-state index contributed by atoms with van der Waals surface area (Å²) in [6.45, 7) is 3.69. The third-order valence-electron chi connectivity index (χ3n) is 3.55. The summed E-state index contributed by atoms with van der Waals surface area (Å²) in [5, 5.41) is 9.57. The van der Waals surface area contributed by atoms with Gasteiger partial charge in [-0.15, -0.1) is 0 Å². The van der Waals surface area contributed by atoms with Crippen LogP contribution in [0, 0.1) is 12.7 Å². The van der Waals surface area contributed by atoms with Crippen molar-refractivity contribution in [3.05, 3.63) is 65.5 Å². The van der Waals surface area contributed by atoms with Gasteiger partial charge in [-0.05, 0) is 50.2 Å². The first-order chi connectivity index (χ1) is 11.0. The van der Waals surface area contributed by atoms with Crippen molar-refractivity contribution in [1.29, 1.82) is 0 Å². The number of carbonyl (C=O) groups is 1. The van der Waals surface area contributed by atoms with E-state index in [4.69, 9.17) is 4.42 Å². The van der Waals surface area contributed by atoms with E-state index in [1.54, 1.807) is 12.1 Å². The van der Waals surface area contributed by atoms with Gasteiger partial charge in [0.2, 0.25) is 0 Å². The molecule has 1 unspecified atom stereocenters. The Bertz CT molecular complexity index is 820. The van der Waals surface area contributed by atoms with Crippen LogP contribution in [0.25, 0.3) is 11.3 Å². The van der Waals surface area contributed by atoms with Gasteiger partial charge in [-0.3, -0.25) is 9.89 Å². The highest BCUT2D eigenvalue weighted by Gasteiger charge is 2.19. The average Bonchev–Trinajstić information content (AvgIpc) is 3.17. The first-order valence-corrected chi connectivity index (χ1v) is 7.21. The van der Waals surface area contributed by atoms with Crippen molar-refractivity contribution < 1.29 is 13.6 Å². The predicted molar refractivity (Wildman–Crippen MR) is 83.3 cm³/mol. The van der Waals surface area contributed by atoms with Crippen LogP contribution in [0.2, 0.25) is 0 Å². The maximum Gasteiger partial charge on any atom is 0.255 e. The van der Waals surface area contributed by atoms with Gasteiger partial charge in [0.1, 0.15) is 17.3 Å². The monoisotopic (exact) mass is 313 g/mol. The van der Waals surface area contributed by atoms with E-state index in [1.807, 2.05) is 26.0 Å². The van der Waals surface area contributed by atoms with Crippen LogP contribution in [0.3, 0.4) is 0 Å². The lowest BCUT2D eigenvalue weighted by Gasteiger charge is -2.11. The average molecular weight is 313 g/mol. The van der Waals surface area contributed by atoms with Crippen LogP contribution >= 0.6 is 0 Å². The molecule has 6 heteroatoms. The molecule has 0 bridgehead atoms. The van der Waals surface area contributed by atoms with Crippen LogP contribution in [0.5, 0.6) is 0 Å². The van der Waals surface area contributed by atoms with E-state index in [2.05, 4.69) is 15.5 Å². The van der Waals surface area contributed by atoms with E-state index >= 15 is 0 Å². The van der Waals surface area contributed by atoms with Crippen LogP contribution in [0.1, 0.15) is 34.8 Å². The number of amides is 1. The molecule has 2 aromatic heterocycles. The highest BCUT2D eigenvalue weighted by molar-refractivity contribution is 5.99. The van der Waals surface area contributed by atoms with E-state index in [9.17, 15) is 9.18 Å². The fourth-order valence-corrected chi connectivity index (χ4v) is 2.33. The summed E-state index contributed by atoms with van der Waals surface area (Å²) in [6, 6.07) is 9.28. The molecule has 0 aliphatic heterocycles. The molecule has 0 saturated carbocycles. The zero-order chi connectivity index (χ0) is 16.4. The Kier molecular flexibility index (Phi) is 3.97. The van der Waals surface area contributed by atoms with Gasteiger partial charge in [-0.2, -0.15) is 5.10 Å². The van der Waals surface area contributed by atoms with Crippen molar-refractivity contribution in [3.8, 4) is 11.3 Å². The maximum atomic E-state index is 13.0. The van der Waals surface area contributed by atoms with Gasteiger partial charge in [0.05, 0.1) is 23.5 Å². The maximum absolute atomic E-state index is 13.0. The van der Waals surface area contributed by atoms with Crippen LogP contribution < -0.4 is 5.32 Å². The fraction of sp³-hybridized carbons (Fsp3) is 0.176. The summed E-state index contributed by atoms with van der Waals surface area (Å²) < 4.78 is 18.5. The SMILES string of the molecule is Cc1ccc(C(C)NC(=O)c2cn[nH]c2-c2ccc(F)cc2)o1. The van der Waals surface area contributed by atoms with Gasteiger partial charge >= 0.3 is 0 Å². The van der Waals surface area contributed by atoms with Crippen molar-refractivity contribution in [3.63, 3.8) is 0 Å². The molecule has 3 rings (SSSR count). The Hall–Kier alpha value is -2.89. The minimum Gasteiger partial charge on any atom is -0.464 e. The number of aromatic amines is 1. The fourth-order valence-electron chi connectivity index (χ4n) is 2.33. The Labute approximate surface area is 132 Å². The lowest BCUT2D eigenvalue weighted by atomic mass is 10.1. The molecular weight excluding hydrogens is 297 g/mol. The number of hydrogen-bond donors (Lipinski definition) is 2. The van der Waals surface area contributed by atoms with Gasteiger partial charge < -0.3 is 9.73 Å². The summed E-state index contributed by atoms with van der Waals surface area (Å²) >= 11 is 0. The number of rotatable bonds is 4. The predicted octanol–water partition coefficient (Wildman–Crippen LogP) is 3.61. The van der Waals surface area contributed by atoms with Gasteiger partial charge in [-0.25, -0.2) is 4.39 Å². The molecule has 118 valence electrons. The summed E-state index contributed by atoms with van der Waals surface area (Å²) in [5.74, 6) is 0.861. The molecule has 0 saturated heterocycles. The van der Waals surface area contributed by atoms with Gasteiger partial charge in [0.15, 0.2) is 0 Å². The molecule has 0 aliphatic rings. The Morgan fingerprint density at radius 1 is 1.26 bits per heavy atom. The number of nitrogens with one attached hydrogen (secondary N) is 2. The van der Waals surface area contributed by atoms with Crippen molar-refractivity contribution in [2.45, 2.75) is 19.9 Å². The smallest absolute Gasteiger partial charge is 0.255 e. The number of aryl methyl sites for hydroxylation is 1. The van der Waals surface area contributed by atoms with Crippen LogP contribution in [-0.4, -0.2) is 16.1 Å². The molecule has 3 aromatic rings. The lowest BCUT2D eigenvalue weighted by Crippen LogP contribution is -2.26. The minimum absolute atomic E-state index is 0.271. The van der Waals surface area contributed by atoms with Crippen molar-refractivity contribution in [2.75, 3.05) is 0 Å². The van der Waals surface area contributed by atoms with Gasteiger partial charge in [-0.1, -0.05) is 0 Å². The third kappa shape index (κ3) is 3.15. The Balaban J connectivity index is 1.81. The van der Waals surface area contributed by atoms with Crippen LogP contribution in [0.4, 0.5) is 4.39 Å². The number of halogens is 1. The molecular formula is C17H16FN3O2. The van der Waals surface area contributed by atoms with E-state index in [0.29, 0.717) is 22.6 Å². The quantitative estimate of drug-likeness (QED) is 0.773. The third-order valence-corrected chi connectivity index (χ3v) is 3.55. The Morgan fingerprint density at radius 3 is 2.65 bits per heavy atom. The second-order valence-electron chi connectivity index (χ2n) is 5.31. The molecule has 2 heterocycles. The number of aromatic nitrogens is 2. The molecule has 23 heavy (non-hydrogen) atoms. The van der Waals surface area contributed by atoms with Crippen molar-refractivity contribution in [1.82, 2.24) is 15.5 Å². The summed E-state index contributed by atoms with van der Waals surface area (Å²) in [6.07, 6.45) is 1.45. The highest BCUT2D eigenvalue weighted by atomic mass is 19.1. The minimum atomic E-state index is -0.332. The van der Waals surface area contributed by atoms with Crippen LogP contribution in [0.15, 0.2) is 47.0 Å². The summed E-state index contributed by atoms with van der Waals surface area (Å²) in [7, 11) is 0. The first kappa shape index (κ1) is 15.0. The van der Waals surface area contributed by atoms with Crippen molar-refractivity contribution in [2.24, 2.45) is 0 Å². The molecule has 0 spiro atoms. The van der Waals surface area contributed by atoms with E-state index < -0.39 is 0 Å². The zero-order valence-electron chi connectivity index (χ0n) is 12.8. The molecule has 0 aliphatic carbocycles. The van der Waals surface area contributed by atoms with Gasteiger partial charge in [0, 0.05) is 5.56 Å². The van der Waals surface area contributed by atoms with Crippen molar-refractivity contribution >= 4 is 5.91 Å². The van der Waals surface area contributed by atoms with Gasteiger partial charge in [0.25, 0.3) is 5.91 Å². The number of hydrogen-bond acceptors (Lipinski definition) is 3. The second-order valence-corrected chi connectivity index (χ2v) is 5.31. The molecule has 5 nitrogen and oxygen atoms in total. The van der Waals surface area contributed by atoms with Crippen LogP contribution in [-0.2, 0) is 0 Å². The Morgan fingerprint density at radius 2 is 2.00 bits per heavy atom. The molecule has 2 N–H and O–H groups in total. The summed E-state index contributed by atoms with van der Waals surface area (Å²) in [5.41, 5.74) is 1.63. The highest BCUT2D eigenvalue weighted by Crippen LogP contribution is 2.22. The zero-order valence-corrected chi connectivity index (χ0v) is 12.8. The summed E-state index contributed by atoms with van der Waals surface area (Å²) in [4.78, 5) is 12.5. The molecule has 0 fully saturated rings. The van der Waals surface area contributed by atoms with E-state index in [1.165, 1.54) is 18.3 Å². The lowest BCUT2D eigenvalue weighted by molar-refractivity contribution is 0.0936. The topological polar surface area (TPSA) is 70.9 Å². The molecule has 0 radical (unpaired) electrons. The largest absolute Gasteiger partial charge is 0.464 e. The second kappa shape index (κ2) is 6.08. The number of benzene rings is 1. The first-order valence-electron chi connectivity index (χ1n) is 7.21.